The molecule has 164 valence electrons. The molecule has 3 aromatic rings. The molecule has 0 amide bonds. The van der Waals surface area contributed by atoms with Crippen LogP contribution in [-0.2, 0) is 21.1 Å². The fraction of sp³-hybridized carbons (Fsp3) is 0.263. The number of sulfone groups is 1. The van der Waals surface area contributed by atoms with E-state index in [9.17, 15) is 18.0 Å². The first-order valence-electron chi connectivity index (χ1n) is 9.21. The molecule has 1 aromatic carbocycles. The van der Waals surface area contributed by atoms with Crippen LogP contribution in [0.2, 0.25) is 0 Å². The maximum atomic E-state index is 12.0. The van der Waals surface area contributed by atoms with Gasteiger partial charge in [-0.2, -0.15) is 4.98 Å². The van der Waals surface area contributed by atoms with Gasteiger partial charge in [0.1, 0.15) is 10.7 Å². The second-order valence-electron chi connectivity index (χ2n) is 6.53. The van der Waals surface area contributed by atoms with Crippen molar-refractivity contribution in [1.29, 1.82) is 0 Å². The molecule has 3 N–H and O–H groups in total. The number of carbonyl (C=O) groups is 1. The molecule has 0 atom stereocenters. The van der Waals surface area contributed by atoms with Crippen LogP contribution in [0.5, 0.6) is 0 Å². The summed E-state index contributed by atoms with van der Waals surface area (Å²) < 4.78 is 28.1. The van der Waals surface area contributed by atoms with E-state index in [-0.39, 0.29) is 23.0 Å². The van der Waals surface area contributed by atoms with Crippen LogP contribution >= 0.6 is 11.3 Å². The predicted octanol–water partition coefficient (Wildman–Crippen LogP) is 2.47. The molecule has 0 aliphatic heterocycles. The predicted molar refractivity (Wildman–Crippen MR) is 118 cm³/mol. The Bertz CT molecular complexity index is 1250. The fourth-order valence-corrected chi connectivity index (χ4v) is 4.08. The van der Waals surface area contributed by atoms with Gasteiger partial charge in [0.15, 0.2) is 15.0 Å². The minimum Gasteiger partial charge on any atom is -0.462 e. The Kier molecular flexibility index (Phi) is 6.71. The Morgan fingerprint density at radius 2 is 1.94 bits per heavy atom. The van der Waals surface area contributed by atoms with E-state index in [1.54, 1.807) is 26.0 Å². The average Bonchev–Trinajstić information content (AvgIpc) is 3.06. The summed E-state index contributed by atoms with van der Waals surface area (Å²) >= 11 is 1.10. The number of nitrogens with one attached hydrogen (secondary N) is 3. The zero-order chi connectivity index (χ0) is 22.6. The number of aromatic nitrogens is 3. The number of rotatable bonds is 8. The molecular weight excluding hydrogens is 442 g/mol. The SMILES string of the molecule is CCOC(=O)c1sc(Nc2nc(NCc3ccc(S(C)(=O)=O)cc3)cc(=O)[nH]2)nc1C. The Hall–Kier alpha value is -3.25. The van der Waals surface area contributed by atoms with Crippen molar-refractivity contribution >= 4 is 44.0 Å². The normalized spacial score (nSPS) is 11.2. The lowest BCUT2D eigenvalue weighted by Gasteiger charge is -2.08. The summed E-state index contributed by atoms with van der Waals surface area (Å²) in [5.74, 6) is 0.0215. The number of aromatic amines is 1. The highest BCUT2D eigenvalue weighted by Crippen LogP contribution is 2.25. The van der Waals surface area contributed by atoms with Gasteiger partial charge in [-0.05, 0) is 31.5 Å². The van der Waals surface area contributed by atoms with Crippen molar-refractivity contribution in [1.82, 2.24) is 15.0 Å². The molecule has 0 spiro atoms. The standard InChI is InChI=1S/C19H21N5O5S2/c1-4-29-17(26)16-11(2)21-19(30-16)24-18-22-14(9-15(25)23-18)20-10-12-5-7-13(8-6-12)31(3,27)28/h5-9H,4,10H2,1-3H3,(H3,20,21,22,23,24,25). The van der Waals surface area contributed by atoms with E-state index in [0.717, 1.165) is 23.2 Å². The number of aryl methyl sites for hydroxylation is 1. The van der Waals surface area contributed by atoms with Crippen LogP contribution in [-0.4, -0.2) is 42.2 Å². The summed E-state index contributed by atoms with van der Waals surface area (Å²) in [5, 5.41) is 6.30. The van der Waals surface area contributed by atoms with E-state index in [0.29, 0.717) is 28.1 Å². The van der Waals surface area contributed by atoms with Crippen molar-refractivity contribution in [3.63, 3.8) is 0 Å². The molecule has 31 heavy (non-hydrogen) atoms. The topological polar surface area (TPSA) is 143 Å². The van der Waals surface area contributed by atoms with Crippen LogP contribution in [0, 0.1) is 6.92 Å². The molecule has 0 aliphatic rings. The largest absolute Gasteiger partial charge is 0.462 e. The molecule has 0 unspecified atom stereocenters. The summed E-state index contributed by atoms with van der Waals surface area (Å²) in [4.78, 5) is 35.7. The van der Waals surface area contributed by atoms with Crippen molar-refractivity contribution in [2.45, 2.75) is 25.3 Å². The van der Waals surface area contributed by atoms with Crippen molar-refractivity contribution in [3.05, 3.63) is 56.8 Å². The fourth-order valence-electron chi connectivity index (χ4n) is 2.59. The van der Waals surface area contributed by atoms with Crippen LogP contribution in [0.1, 0.15) is 27.9 Å². The lowest BCUT2D eigenvalue weighted by molar-refractivity contribution is 0.0531. The van der Waals surface area contributed by atoms with E-state index in [4.69, 9.17) is 4.74 Å². The van der Waals surface area contributed by atoms with E-state index in [1.807, 2.05) is 0 Å². The lowest BCUT2D eigenvalue weighted by Crippen LogP contribution is -2.13. The number of hydrogen-bond donors (Lipinski definition) is 3. The van der Waals surface area contributed by atoms with Gasteiger partial charge in [0, 0.05) is 18.9 Å². The number of thiazole rings is 1. The zero-order valence-corrected chi connectivity index (χ0v) is 18.7. The second kappa shape index (κ2) is 9.27. The van der Waals surface area contributed by atoms with Gasteiger partial charge in [-0.25, -0.2) is 18.2 Å². The third kappa shape index (κ3) is 5.89. The van der Waals surface area contributed by atoms with E-state index in [1.165, 1.54) is 18.2 Å². The highest BCUT2D eigenvalue weighted by atomic mass is 32.2. The first kappa shape index (κ1) is 22.4. The highest BCUT2D eigenvalue weighted by molar-refractivity contribution is 7.90. The number of ether oxygens (including phenoxy) is 1. The maximum absolute atomic E-state index is 12.0. The van der Waals surface area contributed by atoms with E-state index < -0.39 is 15.8 Å². The number of esters is 1. The molecule has 10 nitrogen and oxygen atoms in total. The number of hydrogen-bond acceptors (Lipinski definition) is 10. The number of nitrogens with zero attached hydrogens (tertiary/aromatic N) is 2. The molecule has 3 rings (SSSR count). The first-order valence-corrected chi connectivity index (χ1v) is 11.9. The van der Waals surface area contributed by atoms with Crippen molar-refractivity contribution in [2.75, 3.05) is 23.5 Å². The Morgan fingerprint density at radius 3 is 2.58 bits per heavy atom. The molecule has 0 saturated carbocycles. The number of carbonyl (C=O) groups excluding carboxylic acids is 1. The number of benzene rings is 1. The van der Waals surface area contributed by atoms with Gasteiger partial charge in [-0.1, -0.05) is 23.5 Å². The van der Waals surface area contributed by atoms with Crippen LogP contribution in [0.3, 0.4) is 0 Å². The third-order valence-electron chi connectivity index (χ3n) is 4.05. The van der Waals surface area contributed by atoms with Crippen molar-refractivity contribution in [3.8, 4) is 0 Å². The molecule has 0 aliphatic carbocycles. The molecular formula is C19H21N5O5S2. The van der Waals surface area contributed by atoms with E-state index >= 15 is 0 Å². The molecule has 0 bridgehead atoms. The van der Waals surface area contributed by atoms with Gasteiger partial charge in [-0.3, -0.25) is 9.78 Å². The molecule has 0 fully saturated rings. The summed E-state index contributed by atoms with van der Waals surface area (Å²) in [5.41, 5.74) is 0.949. The smallest absolute Gasteiger partial charge is 0.350 e. The van der Waals surface area contributed by atoms with Gasteiger partial charge < -0.3 is 15.4 Å². The minimum atomic E-state index is -3.26. The van der Waals surface area contributed by atoms with Crippen LogP contribution in [0.25, 0.3) is 0 Å². The van der Waals surface area contributed by atoms with E-state index in [2.05, 4.69) is 25.6 Å². The third-order valence-corrected chi connectivity index (χ3v) is 6.23. The van der Waals surface area contributed by atoms with Crippen LogP contribution in [0.15, 0.2) is 40.0 Å². The average molecular weight is 464 g/mol. The van der Waals surface area contributed by atoms with Crippen LogP contribution < -0.4 is 16.2 Å². The molecule has 12 heteroatoms. The summed E-state index contributed by atoms with van der Waals surface area (Å²) in [6, 6.07) is 7.72. The minimum absolute atomic E-state index is 0.159. The Balaban J connectivity index is 1.71. The Labute approximate surface area is 182 Å². The quantitative estimate of drug-likeness (QED) is 0.429. The van der Waals surface area contributed by atoms with Gasteiger partial charge >= 0.3 is 5.97 Å². The van der Waals surface area contributed by atoms with Crippen molar-refractivity contribution in [2.24, 2.45) is 0 Å². The van der Waals surface area contributed by atoms with Gasteiger partial charge in [0.05, 0.1) is 17.2 Å². The number of anilines is 3. The molecule has 2 heterocycles. The number of H-pyrrole nitrogens is 1. The highest BCUT2D eigenvalue weighted by Gasteiger charge is 2.17. The van der Waals surface area contributed by atoms with Gasteiger partial charge in [-0.15, -0.1) is 0 Å². The first-order chi connectivity index (χ1) is 14.7. The Morgan fingerprint density at radius 1 is 1.23 bits per heavy atom. The van der Waals surface area contributed by atoms with Gasteiger partial charge in [0.25, 0.3) is 5.56 Å². The second-order valence-corrected chi connectivity index (χ2v) is 9.54. The lowest BCUT2D eigenvalue weighted by atomic mass is 10.2. The van der Waals surface area contributed by atoms with Crippen LogP contribution in [0.4, 0.5) is 16.9 Å². The molecule has 0 radical (unpaired) electrons. The zero-order valence-electron chi connectivity index (χ0n) is 17.1. The molecule has 2 aromatic heterocycles. The monoisotopic (exact) mass is 463 g/mol. The summed E-state index contributed by atoms with van der Waals surface area (Å²) in [6.45, 7) is 4.01. The summed E-state index contributed by atoms with van der Waals surface area (Å²) in [7, 11) is -3.26. The summed E-state index contributed by atoms with van der Waals surface area (Å²) in [6.07, 6.45) is 1.15. The maximum Gasteiger partial charge on any atom is 0.350 e. The van der Waals surface area contributed by atoms with Crippen molar-refractivity contribution < 1.29 is 17.9 Å². The van der Waals surface area contributed by atoms with Gasteiger partial charge in [0.2, 0.25) is 5.95 Å². The molecule has 0 saturated heterocycles.